The molecule has 110 valence electrons. The zero-order valence-corrected chi connectivity index (χ0v) is 12.7. The maximum atomic E-state index is 11.7. The molecule has 0 radical (unpaired) electrons. The van der Waals surface area contributed by atoms with Crippen LogP contribution in [0, 0.1) is 0 Å². The summed E-state index contributed by atoms with van der Waals surface area (Å²) in [7, 11) is 0. The molecule has 20 heavy (non-hydrogen) atoms. The quantitative estimate of drug-likeness (QED) is 0.900. The van der Waals surface area contributed by atoms with Gasteiger partial charge in [0.2, 0.25) is 0 Å². The molecule has 1 N–H and O–H groups in total. The number of hydrogen-bond donors (Lipinski definition) is 1. The third-order valence-electron chi connectivity index (χ3n) is 3.43. The molecule has 1 aliphatic rings. The highest BCUT2D eigenvalue weighted by molar-refractivity contribution is 5.77. The summed E-state index contributed by atoms with van der Waals surface area (Å²) in [5, 5.41) is 2.88. The first-order chi connectivity index (χ1) is 9.41. The molecule has 0 fully saturated rings. The summed E-state index contributed by atoms with van der Waals surface area (Å²) in [5.41, 5.74) is 0.927. The summed E-state index contributed by atoms with van der Waals surface area (Å²) in [6, 6.07) is 5.99. The van der Waals surface area contributed by atoms with Crippen molar-refractivity contribution in [2.24, 2.45) is 0 Å². The van der Waals surface area contributed by atoms with Gasteiger partial charge in [-0.15, -0.1) is 0 Å². The number of carbonyl (C=O) groups is 1. The Kier molecular flexibility index (Phi) is 4.21. The van der Waals surface area contributed by atoms with E-state index in [-0.39, 0.29) is 24.2 Å². The molecule has 0 saturated heterocycles. The van der Waals surface area contributed by atoms with Gasteiger partial charge in [-0.05, 0) is 33.3 Å². The van der Waals surface area contributed by atoms with E-state index in [1.807, 2.05) is 45.9 Å². The molecule has 0 bridgehead atoms. The monoisotopic (exact) mass is 277 g/mol. The lowest BCUT2D eigenvalue weighted by atomic mass is 10.0. The van der Waals surface area contributed by atoms with Crippen LogP contribution in [0.4, 0.5) is 0 Å². The van der Waals surface area contributed by atoms with E-state index in [1.165, 1.54) is 0 Å². The van der Waals surface area contributed by atoms with Crippen LogP contribution in [0.2, 0.25) is 0 Å². The van der Waals surface area contributed by atoms with Crippen molar-refractivity contribution >= 4 is 5.91 Å². The van der Waals surface area contributed by atoms with Gasteiger partial charge in [-0.25, -0.2) is 0 Å². The minimum absolute atomic E-state index is 0.0184. The first-order valence-corrected chi connectivity index (χ1v) is 7.14. The molecule has 0 saturated carbocycles. The van der Waals surface area contributed by atoms with Gasteiger partial charge in [0.25, 0.3) is 5.91 Å². The van der Waals surface area contributed by atoms with Crippen molar-refractivity contribution in [3.05, 3.63) is 23.8 Å². The highest BCUT2D eigenvalue weighted by atomic mass is 16.5. The van der Waals surface area contributed by atoms with Crippen molar-refractivity contribution in [2.75, 3.05) is 6.61 Å². The fourth-order valence-corrected chi connectivity index (χ4v) is 2.26. The summed E-state index contributed by atoms with van der Waals surface area (Å²) < 4.78 is 11.5. The van der Waals surface area contributed by atoms with Crippen LogP contribution in [0.25, 0.3) is 0 Å². The molecule has 1 amide bonds. The molecule has 1 aromatic carbocycles. The lowest BCUT2D eigenvalue weighted by molar-refractivity contribution is -0.123. The Morgan fingerprint density at radius 3 is 2.95 bits per heavy atom. The van der Waals surface area contributed by atoms with Gasteiger partial charge in [-0.3, -0.25) is 4.79 Å². The topological polar surface area (TPSA) is 47.6 Å². The van der Waals surface area contributed by atoms with Crippen molar-refractivity contribution in [1.29, 1.82) is 0 Å². The SMILES string of the molecule is CC[C@@H](C)NC(=O)COc1cccc2c1OC(C)(C)C2. The maximum absolute atomic E-state index is 11.7. The number of benzene rings is 1. The molecule has 0 unspecified atom stereocenters. The average Bonchev–Trinajstić information content (AvgIpc) is 2.70. The van der Waals surface area contributed by atoms with E-state index in [1.54, 1.807) is 0 Å². The van der Waals surface area contributed by atoms with Crippen molar-refractivity contribution < 1.29 is 14.3 Å². The number of rotatable bonds is 5. The number of ether oxygens (including phenoxy) is 2. The standard InChI is InChI=1S/C16H23NO3/c1-5-11(2)17-14(18)10-19-13-8-6-7-12-9-16(3,4)20-15(12)13/h6-8,11H,5,9-10H2,1-4H3,(H,17,18)/t11-/m1/s1. The molecule has 1 atom stereocenters. The van der Waals surface area contributed by atoms with Gasteiger partial charge in [-0.1, -0.05) is 19.1 Å². The fraction of sp³-hybridized carbons (Fsp3) is 0.562. The minimum atomic E-state index is -0.208. The molecule has 4 heteroatoms. The third kappa shape index (κ3) is 3.44. The number of carbonyl (C=O) groups excluding carboxylic acids is 1. The van der Waals surface area contributed by atoms with E-state index in [0.717, 1.165) is 24.2 Å². The predicted molar refractivity (Wildman–Crippen MR) is 78.2 cm³/mol. The first-order valence-electron chi connectivity index (χ1n) is 7.14. The zero-order chi connectivity index (χ0) is 14.8. The number of para-hydroxylation sites is 1. The Labute approximate surface area is 120 Å². The van der Waals surface area contributed by atoms with Crippen molar-refractivity contribution in [3.8, 4) is 11.5 Å². The average molecular weight is 277 g/mol. The Balaban J connectivity index is 1.99. The molecule has 0 aromatic heterocycles. The molecule has 4 nitrogen and oxygen atoms in total. The number of hydrogen-bond acceptors (Lipinski definition) is 3. The predicted octanol–water partition coefficient (Wildman–Crippen LogP) is 2.69. The second-order valence-electron chi connectivity index (χ2n) is 5.95. The number of nitrogens with one attached hydrogen (secondary N) is 1. The molecule has 0 aliphatic carbocycles. The van der Waals surface area contributed by atoms with Crippen molar-refractivity contribution in [1.82, 2.24) is 5.32 Å². The van der Waals surface area contributed by atoms with Gasteiger partial charge >= 0.3 is 0 Å². The van der Waals surface area contributed by atoms with Crippen LogP contribution in [0.15, 0.2) is 18.2 Å². The van der Waals surface area contributed by atoms with Crippen molar-refractivity contribution in [2.45, 2.75) is 52.2 Å². The number of amides is 1. The van der Waals surface area contributed by atoms with Crippen LogP contribution in [-0.2, 0) is 11.2 Å². The molecular weight excluding hydrogens is 254 g/mol. The van der Waals surface area contributed by atoms with Crippen LogP contribution >= 0.6 is 0 Å². The van der Waals surface area contributed by atoms with E-state index in [9.17, 15) is 4.79 Å². The second kappa shape index (κ2) is 5.73. The highest BCUT2D eigenvalue weighted by Gasteiger charge is 2.32. The second-order valence-corrected chi connectivity index (χ2v) is 5.95. The van der Waals surface area contributed by atoms with E-state index in [4.69, 9.17) is 9.47 Å². The van der Waals surface area contributed by atoms with Gasteiger partial charge in [-0.2, -0.15) is 0 Å². The largest absolute Gasteiger partial charge is 0.483 e. The van der Waals surface area contributed by atoms with E-state index in [0.29, 0.717) is 5.75 Å². The van der Waals surface area contributed by atoms with E-state index in [2.05, 4.69) is 5.32 Å². The summed E-state index contributed by atoms with van der Waals surface area (Å²) in [6.45, 7) is 8.12. The lowest BCUT2D eigenvalue weighted by Gasteiger charge is -2.18. The van der Waals surface area contributed by atoms with E-state index >= 15 is 0 Å². The Morgan fingerprint density at radius 1 is 1.50 bits per heavy atom. The normalized spacial score (nSPS) is 17.0. The number of fused-ring (bicyclic) bond motifs is 1. The molecular formula is C16H23NO3. The molecule has 1 aromatic rings. The minimum Gasteiger partial charge on any atom is -0.483 e. The fourth-order valence-electron chi connectivity index (χ4n) is 2.26. The van der Waals surface area contributed by atoms with Gasteiger partial charge in [0.15, 0.2) is 18.1 Å². The Hall–Kier alpha value is -1.71. The van der Waals surface area contributed by atoms with Crippen LogP contribution in [0.1, 0.15) is 39.7 Å². The van der Waals surface area contributed by atoms with Crippen molar-refractivity contribution in [3.63, 3.8) is 0 Å². The molecule has 2 rings (SSSR count). The smallest absolute Gasteiger partial charge is 0.258 e. The molecule has 1 aliphatic heterocycles. The third-order valence-corrected chi connectivity index (χ3v) is 3.43. The molecule has 0 spiro atoms. The van der Waals surface area contributed by atoms with Gasteiger partial charge in [0, 0.05) is 18.0 Å². The van der Waals surface area contributed by atoms with Crippen LogP contribution in [0.3, 0.4) is 0 Å². The first kappa shape index (κ1) is 14.7. The van der Waals surface area contributed by atoms with Crippen LogP contribution in [-0.4, -0.2) is 24.2 Å². The van der Waals surface area contributed by atoms with Crippen LogP contribution < -0.4 is 14.8 Å². The van der Waals surface area contributed by atoms with Gasteiger partial charge < -0.3 is 14.8 Å². The van der Waals surface area contributed by atoms with Gasteiger partial charge in [0.1, 0.15) is 5.60 Å². The van der Waals surface area contributed by atoms with Crippen LogP contribution in [0.5, 0.6) is 11.5 Å². The van der Waals surface area contributed by atoms with E-state index < -0.39 is 0 Å². The Morgan fingerprint density at radius 2 is 2.25 bits per heavy atom. The summed E-state index contributed by atoms with van der Waals surface area (Å²) in [4.78, 5) is 11.7. The van der Waals surface area contributed by atoms with Gasteiger partial charge in [0.05, 0.1) is 0 Å². The summed E-state index contributed by atoms with van der Waals surface area (Å²) >= 11 is 0. The zero-order valence-electron chi connectivity index (χ0n) is 12.7. The lowest BCUT2D eigenvalue weighted by Crippen LogP contribution is -2.35. The highest BCUT2D eigenvalue weighted by Crippen LogP contribution is 2.41. The maximum Gasteiger partial charge on any atom is 0.258 e. The summed E-state index contributed by atoms with van der Waals surface area (Å²) in [6.07, 6.45) is 1.77. The molecule has 1 heterocycles. The Bertz CT molecular complexity index is 496. The summed E-state index contributed by atoms with van der Waals surface area (Å²) in [5.74, 6) is 1.32.